The summed E-state index contributed by atoms with van der Waals surface area (Å²) >= 11 is 0. The summed E-state index contributed by atoms with van der Waals surface area (Å²) in [6.07, 6.45) is 5.95. The molecule has 15 nitrogen and oxygen atoms in total. The minimum atomic E-state index is -2.35. The van der Waals surface area contributed by atoms with E-state index >= 15 is 0 Å². The molecule has 3 saturated heterocycles. The van der Waals surface area contributed by atoms with Crippen LogP contribution in [0.15, 0.2) is 36.5 Å². The lowest BCUT2D eigenvalue weighted by Gasteiger charge is -2.51. The highest BCUT2D eigenvalue weighted by Gasteiger charge is 2.57. The van der Waals surface area contributed by atoms with Crippen molar-refractivity contribution in [3.05, 3.63) is 36.5 Å². The average molecular weight is 823 g/mol. The Hall–Kier alpha value is -3.18. The topological polar surface area (TPSA) is 203 Å². The van der Waals surface area contributed by atoms with Gasteiger partial charge in [0, 0.05) is 43.6 Å². The predicted molar refractivity (Wildman–Crippen MR) is 209 cm³/mol. The van der Waals surface area contributed by atoms with Crippen LogP contribution in [0.2, 0.25) is 0 Å². The number of unbranched alkanes of at least 4 members (excludes halogenated alkanes) is 4. The predicted octanol–water partition coefficient (Wildman–Crippen LogP) is 4.81. The zero-order chi connectivity index (χ0) is 42.3. The molecule has 0 aromatic carbocycles. The standard InChI is InChI=1S/C43H66O15/c1-6-8-9-10-11-15-36(46)57-41-28(20-37(47)51-5)19-34-25-35(27-44)54-39(49)22-29(45)21-30-13-12-14-31(53-30)23-32-24-33(26-38(48)52-18-7-2)56-40(55-32)16-17-42(3,4)43(41,50)58-34/h7,16-17,20,29-35,40-41,44-45,50H,2,6,8-15,18-19,21-27H2,1,3-5H3/b17-16+,28-20+/t29-,30?,31-,32-,33-,34+,35-,40-,41+,43-/m1/s1. The number of rotatable bonds is 13. The Labute approximate surface area is 342 Å². The molecule has 3 N–H and O–H groups in total. The van der Waals surface area contributed by atoms with E-state index in [0.717, 1.165) is 44.6 Å². The van der Waals surface area contributed by atoms with Gasteiger partial charge in [0.2, 0.25) is 5.79 Å². The maximum absolute atomic E-state index is 13.4. The van der Waals surface area contributed by atoms with Gasteiger partial charge in [0.1, 0.15) is 12.7 Å². The molecule has 0 aromatic heterocycles. The van der Waals surface area contributed by atoms with E-state index in [4.69, 9.17) is 37.9 Å². The lowest BCUT2D eigenvalue weighted by Crippen LogP contribution is -2.62. The fourth-order valence-electron chi connectivity index (χ4n) is 8.08. The molecule has 0 radical (unpaired) electrons. The highest BCUT2D eigenvalue weighted by Crippen LogP contribution is 2.47. The van der Waals surface area contributed by atoms with Crippen LogP contribution < -0.4 is 0 Å². The molecule has 0 saturated carbocycles. The molecule has 4 aliphatic heterocycles. The first-order chi connectivity index (χ1) is 27.7. The monoisotopic (exact) mass is 822 g/mol. The average Bonchev–Trinajstić information content (AvgIpc) is 3.16. The molecule has 10 atom stereocenters. The lowest BCUT2D eigenvalue weighted by molar-refractivity contribution is -0.327. The molecule has 4 aliphatic rings. The van der Waals surface area contributed by atoms with Crippen molar-refractivity contribution in [2.45, 2.75) is 184 Å². The molecular weight excluding hydrogens is 756 g/mol. The van der Waals surface area contributed by atoms with Crippen LogP contribution in [0.25, 0.3) is 0 Å². The van der Waals surface area contributed by atoms with Gasteiger partial charge in [-0.3, -0.25) is 14.4 Å². The Morgan fingerprint density at radius 3 is 2.36 bits per heavy atom. The van der Waals surface area contributed by atoms with E-state index in [1.165, 1.54) is 13.2 Å². The zero-order valence-electron chi connectivity index (χ0n) is 34.7. The molecule has 328 valence electrons. The number of esters is 4. The lowest BCUT2D eigenvalue weighted by atomic mass is 9.74. The van der Waals surface area contributed by atoms with Gasteiger partial charge in [0.05, 0.1) is 63.2 Å². The van der Waals surface area contributed by atoms with Gasteiger partial charge in [-0.15, -0.1) is 0 Å². The summed E-state index contributed by atoms with van der Waals surface area (Å²) in [5.41, 5.74) is -1.22. The van der Waals surface area contributed by atoms with Crippen molar-refractivity contribution in [3.8, 4) is 0 Å². The number of cyclic esters (lactones) is 1. The van der Waals surface area contributed by atoms with Crippen molar-refractivity contribution < 1.29 is 72.4 Å². The van der Waals surface area contributed by atoms with Crippen LogP contribution in [-0.4, -0.2) is 120 Å². The molecule has 0 aromatic rings. The molecule has 15 heteroatoms. The van der Waals surface area contributed by atoms with Gasteiger partial charge in [-0.1, -0.05) is 65.2 Å². The molecule has 0 aliphatic carbocycles. The van der Waals surface area contributed by atoms with Crippen molar-refractivity contribution in [1.82, 2.24) is 0 Å². The van der Waals surface area contributed by atoms with E-state index in [0.29, 0.717) is 25.7 Å². The molecule has 4 rings (SSSR count). The van der Waals surface area contributed by atoms with Crippen LogP contribution in [0.4, 0.5) is 0 Å². The van der Waals surface area contributed by atoms with Crippen molar-refractivity contribution in [3.63, 3.8) is 0 Å². The van der Waals surface area contributed by atoms with Crippen LogP contribution in [0.3, 0.4) is 0 Å². The number of ether oxygens (including phenoxy) is 8. The van der Waals surface area contributed by atoms with Crippen molar-refractivity contribution in [1.29, 1.82) is 0 Å². The van der Waals surface area contributed by atoms with Crippen LogP contribution in [-0.2, 0) is 57.1 Å². The fourth-order valence-corrected chi connectivity index (χ4v) is 8.08. The third-order valence-corrected chi connectivity index (χ3v) is 11.2. The maximum atomic E-state index is 13.4. The van der Waals surface area contributed by atoms with Crippen LogP contribution >= 0.6 is 0 Å². The second-order valence-electron chi connectivity index (χ2n) is 16.5. The molecule has 0 spiro atoms. The number of aliphatic hydroxyl groups is 3. The Bertz CT molecular complexity index is 1430. The largest absolute Gasteiger partial charge is 0.466 e. The summed E-state index contributed by atoms with van der Waals surface area (Å²) in [7, 11) is 1.20. The molecule has 1 unspecified atom stereocenters. The molecule has 4 heterocycles. The number of carbonyl (C=O) groups excluding carboxylic acids is 4. The molecule has 58 heavy (non-hydrogen) atoms. The number of hydrogen-bond donors (Lipinski definition) is 3. The van der Waals surface area contributed by atoms with Gasteiger partial charge in [-0.05, 0) is 43.8 Å². The van der Waals surface area contributed by atoms with Crippen molar-refractivity contribution in [2.24, 2.45) is 5.41 Å². The number of methoxy groups -OCH3 is 1. The van der Waals surface area contributed by atoms with E-state index in [2.05, 4.69) is 13.5 Å². The third-order valence-electron chi connectivity index (χ3n) is 11.2. The minimum absolute atomic E-state index is 0.0449. The van der Waals surface area contributed by atoms with Crippen LogP contribution in [0, 0.1) is 5.41 Å². The van der Waals surface area contributed by atoms with Crippen molar-refractivity contribution in [2.75, 3.05) is 20.3 Å². The normalized spacial score (nSPS) is 34.5. The Kier molecular flexibility index (Phi) is 18.8. The zero-order valence-corrected chi connectivity index (χ0v) is 34.7. The van der Waals surface area contributed by atoms with Gasteiger partial charge in [0.25, 0.3) is 0 Å². The first kappa shape index (κ1) is 47.5. The molecule has 0 amide bonds. The fraction of sp³-hybridized carbons (Fsp3) is 0.767. The third kappa shape index (κ3) is 14.2. The van der Waals surface area contributed by atoms with Crippen LogP contribution in [0.1, 0.15) is 124 Å². The van der Waals surface area contributed by atoms with Crippen LogP contribution in [0.5, 0.6) is 0 Å². The summed E-state index contributed by atoms with van der Waals surface area (Å²) < 4.78 is 47.3. The quantitative estimate of drug-likeness (QED) is 0.0750. The number of carbonyl (C=O) groups is 4. The number of hydrogen-bond acceptors (Lipinski definition) is 15. The summed E-state index contributed by atoms with van der Waals surface area (Å²) in [6, 6.07) is 0. The number of aliphatic hydroxyl groups excluding tert-OH is 2. The minimum Gasteiger partial charge on any atom is -0.466 e. The molecular formula is C43H66O15. The SMILES string of the molecule is C=CCOC(=O)C[C@H]1C[C@H]2C[C@H]3CCCC(C[C@@H](O)CC(=O)O[C@@H](CO)C[C@@H]4C/C(=C\C(=O)OC)[C@H](OC(=O)CCCCCCC)[C@@](O)(O4)C(C)(C)/C=C/[C@H](O2)O1)O3. The van der Waals surface area contributed by atoms with Gasteiger partial charge in [-0.2, -0.15) is 0 Å². The van der Waals surface area contributed by atoms with Gasteiger partial charge >= 0.3 is 23.9 Å². The van der Waals surface area contributed by atoms with E-state index in [1.54, 1.807) is 26.0 Å². The van der Waals surface area contributed by atoms with E-state index in [1.807, 2.05) is 0 Å². The summed E-state index contributed by atoms with van der Waals surface area (Å²) in [5, 5.41) is 34.0. The second-order valence-corrected chi connectivity index (χ2v) is 16.5. The Morgan fingerprint density at radius 2 is 1.66 bits per heavy atom. The smallest absolute Gasteiger partial charge is 0.330 e. The van der Waals surface area contributed by atoms with Crippen molar-refractivity contribution >= 4 is 23.9 Å². The molecule has 3 fully saturated rings. The summed E-state index contributed by atoms with van der Waals surface area (Å²) in [6.45, 7) is 8.47. The molecule has 6 bridgehead atoms. The first-order valence-electron chi connectivity index (χ1n) is 21.0. The maximum Gasteiger partial charge on any atom is 0.330 e. The Balaban J connectivity index is 1.74. The summed E-state index contributed by atoms with van der Waals surface area (Å²) in [4.78, 5) is 52.0. The van der Waals surface area contributed by atoms with Gasteiger partial charge in [-0.25, -0.2) is 4.79 Å². The van der Waals surface area contributed by atoms with E-state index in [-0.39, 0.29) is 62.9 Å². The summed E-state index contributed by atoms with van der Waals surface area (Å²) in [5.74, 6) is -4.90. The highest BCUT2D eigenvalue weighted by molar-refractivity contribution is 5.83. The van der Waals surface area contributed by atoms with Gasteiger partial charge < -0.3 is 53.2 Å². The Morgan fingerprint density at radius 1 is 0.931 bits per heavy atom. The highest BCUT2D eigenvalue weighted by atomic mass is 16.7. The van der Waals surface area contributed by atoms with E-state index in [9.17, 15) is 34.5 Å². The van der Waals surface area contributed by atoms with E-state index < -0.39 is 84.6 Å². The van der Waals surface area contributed by atoms with Gasteiger partial charge in [0.15, 0.2) is 12.4 Å². The second kappa shape index (κ2) is 23.0. The number of fused-ring (bicyclic) bond motifs is 6. The first-order valence-corrected chi connectivity index (χ1v) is 21.0.